The summed E-state index contributed by atoms with van der Waals surface area (Å²) in [6.07, 6.45) is 1.61. The summed E-state index contributed by atoms with van der Waals surface area (Å²) in [5, 5.41) is 5.29. The first-order valence-electron chi connectivity index (χ1n) is 5.18. The molecule has 1 aromatic heterocycles. The Balaban J connectivity index is 1.96. The van der Waals surface area contributed by atoms with Crippen molar-refractivity contribution in [1.82, 2.24) is 4.98 Å². The molecule has 5 nitrogen and oxygen atoms in total. The third-order valence-corrected chi connectivity index (χ3v) is 2.61. The number of pyridine rings is 1. The molecule has 1 heterocycles. The van der Waals surface area contributed by atoms with E-state index >= 15 is 0 Å². The number of carbonyl (C=O) groups is 1. The summed E-state index contributed by atoms with van der Waals surface area (Å²) >= 11 is 3.27. The fourth-order valence-electron chi connectivity index (χ4n) is 1.29. The molecule has 0 aliphatic rings. The molecular weight excluding hydrogens is 296 g/mol. The minimum absolute atomic E-state index is 0.352. The van der Waals surface area contributed by atoms with E-state index < -0.39 is 0 Å². The molecule has 2 amide bonds. The average Bonchev–Trinajstić information content (AvgIpc) is 2.35. The minimum atomic E-state index is -0.352. The Morgan fingerprint density at radius 3 is 2.44 bits per heavy atom. The molecule has 92 valence electrons. The minimum Gasteiger partial charge on any atom is -0.399 e. The standard InChI is InChI=1S/C12H11BrN4O/c13-8-1-6-11(15-7-8)17-12(18)16-10-4-2-9(14)3-5-10/h1-7H,14H2,(H2,15,16,17,18). The van der Waals surface area contributed by atoms with E-state index in [0.29, 0.717) is 17.2 Å². The Labute approximate surface area is 113 Å². The van der Waals surface area contributed by atoms with Gasteiger partial charge in [-0.3, -0.25) is 5.32 Å². The molecule has 0 aliphatic heterocycles. The van der Waals surface area contributed by atoms with Gasteiger partial charge in [-0.15, -0.1) is 0 Å². The van der Waals surface area contributed by atoms with E-state index in [1.54, 1.807) is 42.6 Å². The second kappa shape index (κ2) is 5.50. The quantitative estimate of drug-likeness (QED) is 0.746. The van der Waals surface area contributed by atoms with E-state index in [-0.39, 0.29) is 6.03 Å². The van der Waals surface area contributed by atoms with Crippen LogP contribution in [0, 0.1) is 0 Å². The summed E-state index contributed by atoms with van der Waals surface area (Å²) in [5.74, 6) is 0.478. The van der Waals surface area contributed by atoms with Gasteiger partial charge in [0.25, 0.3) is 0 Å². The second-order valence-electron chi connectivity index (χ2n) is 3.56. The molecule has 0 atom stereocenters. The van der Waals surface area contributed by atoms with Crippen LogP contribution in [0.5, 0.6) is 0 Å². The molecular formula is C12H11BrN4O. The van der Waals surface area contributed by atoms with Crippen molar-refractivity contribution >= 4 is 39.2 Å². The van der Waals surface area contributed by atoms with Gasteiger partial charge in [0, 0.05) is 22.0 Å². The molecule has 4 N–H and O–H groups in total. The SMILES string of the molecule is Nc1ccc(NC(=O)Nc2ccc(Br)cn2)cc1. The van der Waals surface area contributed by atoms with Crippen molar-refractivity contribution in [3.63, 3.8) is 0 Å². The zero-order valence-corrected chi connectivity index (χ0v) is 10.9. The van der Waals surface area contributed by atoms with Crippen LogP contribution >= 0.6 is 15.9 Å². The number of nitrogen functional groups attached to an aromatic ring is 1. The van der Waals surface area contributed by atoms with Crippen molar-refractivity contribution in [3.05, 3.63) is 47.1 Å². The lowest BCUT2D eigenvalue weighted by molar-refractivity contribution is 0.262. The van der Waals surface area contributed by atoms with Gasteiger partial charge in [-0.2, -0.15) is 0 Å². The van der Waals surface area contributed by atoms with Gasteiger partial charge in [-0.05, 0) is 52.3 Å². The fraction of sp³-hybridized carbons (Fsp3) is 0. The van der Waals surface area contributed by atoms with E-state index in [4.69, 9.17) is 5.73 Å². The first-order valence-corrected chi connectivity index (χ1v) is 5.98. The highest BCUT2D eigenvalue weighted by atomic mass is 79.9. The normalized spacial score (nSPS) is 9.83. The number of nitrogens with two attached hydrogens (primary N) is 1. The molecule has 1 aromatic carbocycles. The van der Waals surface area contributed by atoms with Gasteiger partial charge in [0.15, 0.2) is 0 Å². The molecule has 0 aliphatic carbocycles. The van der Waals surface area contributed by atoms with Gasteiger partial charge >= 0.3 is 6.03 Å². The highest BCUT2D eigenvalue weighted by Crippen LogP contribution is 2.12. The maximum atomic E-state index is 11.6. The van der Waals surface area contributed by atoms with Crippen LogP contribution in [0.25, 0.3) is 0 Å². The topological polar surface area (TPSA) is 80.0 Å². The molecule has 0 saturated heterocycles. The number of urea groups is 1. The summed E-state index contributed by atoms with van der Waals surface area (Å²) in [5.41, 5.74) is 6.87. The molecule has 0 bridgehead atoms. The van der Waals surface area contributed by atoms with E-state index in [9.17, 15) is 4.79 Å². The third kappa shape index (κ3) is 3.46. The van der Waals surface area contributed by atoms with Crippen LogP contribution in [0.4, 0.5) is 22.0 Å². The van der Waals surface area contributed by atoms with Crippen molar-refractivity contribution < 1.29 is 4.79 Å². The zero-order valence-electron chi connectivity index (χ0n) is 9.35. The van der Waals surface area contributed by atoms with Crippen LogP contribution in [0.1, 0.15) is 0 Å². The molecule has 0 unspecified atom stereocenters. The highest BCUT2D eigenvalue weighted by molar-refractivity contribution is 9.10. The number of nitrogens with zero attached hydrogens (tertiary/aromatic N) is 1. The number of hydrogen-bond acceptors (Lipinski definition) is 3. The largest absolute Gasteiger partial charge is 0.399 e. The van der Waals surface area contributed by atoms with Gasteiger partial charge < -0.3 is 11.1 Å². The maximum Gasteiger partial charge on any atom is 0.324 e. The van der Waals surface area contributed by atoms with Crippen LogP contribution in [0.3, 0.4) is 0 Å². The van der Waals surface area contributed by atoms with Gasteiger partial charge in [0.2, 0.25) is 0 Å². The third-order valence-electron chi connectivity index (χ3n) is 2.14. The number of carbonyl (C=O) groups excluding carboxylic acids is 1. The van der Waals surface area contributed by atoms with Gasteiger partial charge in [0.1, 0.15) is 5.82 Å². The molecule has 18 heavy (non-hydrogen) atoms. The van der Waals surface area contributed by atoms with Crippen LogP contribution in [0.2, 0.25) is 0 Å². The summed E-state index contributed by atoms with van der Waals surface area (Å²) in [6.45, 7) is 0. The summed E-state index contributed by atoms with van der Waals surface area (Å²) in [4.78, 5) is 15.7. The summed E-state index contributed by atoms with van der Waals surface area (Å²) in [6, 6.07) is 10.0. The summed E-state index contributed by atoms with van der Waals surface area (Å²) in [7, 11) is 0. The molecule has 0 fully saturated rings. The van der Waals surface area contributed by atoms with Crippen LogP contribution < -0.4 is 16.4 Å². The lowest BCUT2D eigenvalue weighted by atomic mass is 10.3. The molecule has 6 heteroatoms. The number of hydrogen-bond donors (Lipinski definition) is 3. The predicted octanol–water partition coefficient (Wildman–Crippen LogP) is 3.07. The van der Waals surface area contributed by atoms with Gasteiger partial charge in [-0.1, -0.05) is 0 Å². The number of anilines is 3. The van der Waals surface area contributed by atoms with E-state index in [0.717, 1.165) is 4.47 Å². The van der Waals surface area contributed by atoms with Gasteiger partial charge in [-0.25, -0.2) is 9.78 Å². The Hall–Kier alpha value is -2.08. The van der Waals surface area contributed by atoms with Crippen molar-refractivity contribution in [1.29, 1.82) is 0 Å². The number of amides is 2. The van der Waals surface area contributed by atoms with Crippen LogP contribution in [-0.4, -0.2) is 11.0 Å². The first kappa shape index (κ1) is 12.4. The van der Waals surface area contributed by atoms with Crippen LogP contribution in [-0.2, 0) is 0 Å². The van der Waals surface area contributed by atoms with E-state index in [2.05, 4.69) is 31.5 Å². The molecule has 0 spiro atoms. The maximum absolute atomic E-state index is 11.6. The second-order valence-corrected chi connectivity index (χ2v) is 4.48. The Kier molecular flexibility index (Phi) is 3.78. The predicted molar refractivity (Wildman–Crippen MR) is 75.4 cm³/mol. The molecule has 2 rings (SSSR count). The summed E-state index contributed by atoms with van der Waals surface area (Å²) < 4.78 is 0.854. The van der Waals surface area contributed by atoms with Crippen molar-refractivity contribution in [2.75, 3.05) is 16.4 Å². The van der Waals surface area contributed by atoms with Crippen molar-refractivity contribution in [3.8, 4) is 0 Å². The van der Waals surface area contributed by atoms with Crippen LogP contribution in [0.15, 0.2) is 47.1 Å². The number of aromatic nitrogens is 1. The average molecular weight is 307 g/mol. The smallest absolute Gasteiger partial charge is 0.324 e. The lowest BCUT2D eigenvalue weighted by Crippen LogP contribution is -2.19. The number of rotatable bonds is 2. The van der Waals surface area contributed by atoms with E-state index in [1.807, 2.05) is 0 Å². The van der Waals surface area contributed by atoms with Crippen molar-refractivity contribution in [2.45, 2.75) is 0 Å². The van der Waals surface area contributed by atoms with E-state index in [1.165, 1.54) is 0 Å². The number of halogens is 1. The molecule has 2 aromatic rings. The fourth-order valence-corrected chi connectivity index (χ4v) is 1.53. The number of benzene rings is 1. The first-order chi connectivity index (χ1) is 8.63. The molecule has 0 radical (unpaired) electrons. The Morgan fingerprint density at radius 1 is 1.11 bits per heavy atom. The monoisotopic (exact) mass is 306 g/mol. The van der Waals surface area contributed by atoms with Crippen molar-refractivity contribution in [2.24, 2.45) is 0 Å². The molecule has 0 saturated carbocycles. The Bertz CT molecular complexity index is 490. The highest BCUT2D eigenvalue weighted by Gasteiger charge is 2.03. The number of nitrogens with one attached hydrogen (secondary N) is 2. The zero-order chi connectivity index (χ0) is 13.0. The Morgan fingerprint density at radius 2 is 1.83 bits per heavy atom. The lowest BCUT2D eigenvalue weighted by Gasteiger charge is -2.07. The van der Waals surface area contributed by atoms with Gasteiger partial charge in [0.05, 0.1) is 0 Å².